The second-order valence-corrected chi connectivity index (χ2v) is 10.1. The van der Waals surface area contributed by atoms with E-state index in [1.165, 1.54) is 12.3 Å². The number of rotatable bonds is 4. The van der Waals surface area contributed by atoms with E-state index in [4.69, 9.17) is 18.9 Å². The van der Waals surface area contributed by atoms with E-state index in [0.29, 0.717) is 30.0 Å². The molecule has 1 unspecified atom stereocenters. The lowest BCUT2D eigenvalue weighted by molar-refractivity contribution is -0.220. The highest BCUT2D eigenvalue weighted by Gasteiger charge is 2.32. The number of aromatic nitrogens is 1. The van der Waals surface area contributed by atoms with Crippen LogP contribution in [0.2, 0.25) is 0 Å². The number of carbonyl (C=O) groups is 1. The highest BCUT2D eigenvalue weighted by Crippen LogP contribution is 2.42. The molecule has 9 nitrogen and oxygen atoms in total. The SMILES string of the molecule is CC1COc2c(N3CCN(C)CC3)c(F)cc3c(=O)c(C(=O)OC4COC(c5ccccc5)OC4)cn1c23. The zero-order valence-electron chi connectivity index (χ0n) is 21.4. The largest absolute Gasteiger partial charge is 0.487 e. The highest BCUT2D eigenvalue weighted by molar-refractivity contribution is 5.98. The van der Waals surface area contributed by atoms with Crippen LogP contribution >= 0.6 is 0 Å². The lowest BCUT2D eigenvalue weighted by Gasteiger charge is -2.37. The molecule has 2 aromatic carbocycles. The average Bonchev–Trinajstić information content (AvgIpc) is 2.93. The molecule has 0 aliphatic carbocycles. The second-order valence-electron chi connectivity index (χ2n) is 10.1. The Morgan fingerprint density at radius 2 is 1.76 bits per heavy atom. The predicted molar refractivity (Wildman–Crippen MR) is 138 cm³/mol. The summed E-state index contributed by atoms with van der Waals surface area (Å²) >= 11 is 0. The standard InChI is InChI=1S/C28H30FN3O6/c1-17-14-35-26-23-20(12-22(29)24(26)31-10-8-30(2)9-11-31)25(33)21(13-32(17)23)27(34)38-19-15-36-28(37-16-19)18-6-4-3-5-7-18/h3-7,12-13,17,19,28H,8-11,14-16H2,1-2H3. The Bertz CT molecular complexity index is 1410. The second kappa shape index (κ2) is 10.0. The monoisotopic (exact) mass is 523 g/mol. The van der Waals surface area contributed by atoms with E-state index >= 15 is 4.39 Å². The number of anilines is 1. The normalized spacial score (nSPS) is 23.8. The zero-order valence-corrected chi connectivity index (χ0v) is 21.4. The van der Waals surface area contributed by atoms with Crippen molar-refractivity contribution in [3.05, 3.63) is 69.8 Å². The van der Waals surface area contributed by atoms with Gasteiger partial charge in [-0.2, -0.15) is 0 Å². The van der Waals surface area contributed by atoms with Crippen LogP contribution in [-0.4, -0.2) is 74.6 Å². The van der Waals surface area contributed by atoms with E-state index in [2.05, 4.69) is 4.90 Å². The van der Waals surface area contributed by atoms with Crippen molar-refractivity contribution < 1.29 is 28.1 Å². The van der Waals surface area contributed by atoms with Crippen molar-refractivity contribution in [3.8, 4) is 5.75 Å². The Labute approximate surface area is 219 Å². The van der Waals surface area contributed by atoms with Crippen LogP contribution in [0.4, 0.5) is 10.1 Å². The summed E-state index contributed by atoms with van der Waals surface area (Å²) in [6.45, 7) is 5.36. The van der Waals surface area contributed by atoms with Gasteiger partial charge in [0.15, 0.2) is 17.9 Å². The predicted octanol–water partition coefficient (Wildman–Crippen LogP) is 3.12. The molecule has 0 saturated carbocycles. The molecule has 2 fully saturated rings. The molecule has 0 radical (unpaired) electrons. The molecule has 3 aliphatic rings. The lowest BCUT2D eigenvalue weighted by Crippen LogP contribution is -2.45. The van der Waals surface area contributed by atoms with E-state index in [9.17, 15) is 9.59 Å². The van der Waals surface area contributed by atoms with Crippen LogP contribution in [0.3, 0.4) is 0 Å². The Hall–Kier alpha value is -3.47. The van der Waals surface area contributed by atoms with E-state index in [-0.39, 0.29) is 36.8 Å². The first-order chi connectivity index (χ1) is 18.4. The van der Waals surface area contributed by atoms with Crippen LogP contribution in [0.25, 0.3) is 10.9 Å². The van der Waals surface area contributed by atoms with Crippen molar-refractivity contribution in [2.24, 2.45) is 0 Å². The molecule has 10 heteroatoms. The Kier molecular flexibility index (Phi) is 6.55. The van der Waals surface area contributed by atoms with Crippen molar-refractivity contribution in [2.75, 3.05) is 57.9 Å². The van der Waals surface area contributed by atoms with Crippen molar-refractivity contribution >= 4 is 22.6 Å². The fraction of sp³-hybridized carbons (Fsp3) is 0.429. The van der Waals surface area contributed by atoms with Gasteiger partial charge in [0, 0.05) is 37.9 Å². The van der Waals surface area contributed by atoms with Gasteiger partial charge in [-0.3, -0.25) is 4.79 Å². The van der Waals surface area contributed by atoms with Crippen molar-refractivity contribution in [1.82, 2.24) is 9.47 Å². The van der Waals surface area contributed by atoms with Gasteiger partial charge in [-0.25, -0.2) is 9.18 Å². The minimum Gasteiger partial charge on any atom is -0.487 e. The third kappa shape index (κ3) is 4.42. The molecule has 3 aromatic rings. The molecule has 1 atom stereocenters. The van der Waals surface area contributed by atoms with Crippen LogP contribution in [0.1, 0.15) is 35.2 Å². The molecule has 38 heavy (non-hydrogen) atoms. The van der Waals surface area contributed by atoms with Crippen LogP contribution in [0.5, 0.6) is 5.75 Å². The van der Waals surface area contributed by atoms with E-state index in [1.807, 2.05) is 53.8 Å². The first-order valence-electron chi connectivity index (χ1n) is 12.9. The number of benzene rings is 2. The van der Waals surface area contributed by atoms with E-state index in [0.717, 1.165) is 18.7 Å². The highest BCUT2D eigenvalue weighted by atomic mass is 19.1. The van der Waals surface area contributed by atoms with E-state index < -0.39 is 29.6 Å². The van der Waals surface area contributed by atoms with Gasteiger partial charge >= 0.3 is 5.97 Å². The topological polar surface area (TPSA) is 82.5 Å². The minimum absolute atomic E-state index is 0.0941. The number of carbonyl (C=O) groups excluding carboxylic acids is 1. The fourth-order valence-corrected chi connectivity index (χ4v) is 5.25. The van der Waals surface area contributed by atoms with Gasteiger partial charge in [-0.1, -0.05) is 30.3 Å². The third-order valence-corrected chi connectivity index (χ3v) is 7.39. The molecule has 1 aromatic heterocycles. The van der Waals surface area contributed by atoms with Gasteiger partial charge in [-0.05, 0) is 20.0 Å². The quantitative estimate of drug-likeness (QED) is 0.483. The smallest absolute Gasteiger partial charge is 0.344 e. The third-order valence-electron chi connectivity index (χ3n) is 7.39. The molecule has 6 rings (SSSR count). The van der Waals surface area contributed by atoms with Crippen LogP contribution in [0, 0.1) is 5.82 Å². The summed E-state index contributed by atoms with van der Waals surface area (Å²) in [5.74, 6) is -0.984. The number of piperazine rings is 1. The molecule has 0 spiro atoms. The molecular formula is C28H30FN3O6. The maximum absolute atomic E-state index is 15.5. The van der Waals surface area contributed by atoms with Crippen molar-refractivity contribution in [2.45, 2.75) is 25.4 Å². The van der Waals surface area contributed by atoms with Crippen LogP contribution in [-0.2, 0) is 14.2 Å². The van der Waals surface area contributed by atoms with Gasteiger partial charge in [0.2, 0.25) is 5.43 Å². The molecule has 0 amide bonds. The van der Waals surface area contributed by atoms with Gasteiger partial charge < -0.3 is 33.3 Å². The Morgan fingerprint density at radius 3 is 2.47 bits per heavy atom. The number of likely N-dealkylation sites (N-methyl/N-ethyl adjacent to an activating group) is 1. The molecule has 2 saturated heterocycles. The van der Waals surface area contributed by atoms with Gasteiger partial charge in [0.25, 0.3) is 0 Å². The molecule has 200 valence electrons. The molecule has 0 N–H and O–H groups in total. The van der Waals surface area contributed by atoms with Gasteiger partial charge in [0.05, 0.1) is 30.2 Å². The maximum atomic E-state index is 15.5. The first kappa shape index (κ1) is 24.8. The minimum atomic E-state index is -0.792. The average molecular weight is 524 g/mol. The van der Waals surface area contributed by atoms with Gasteiger partial charge in [0.1, 0.15) is 24.0 Å². The van der Waals surface area contributed by atoms with Gasteiger partial charge in [-0.15, -0.1) is 0 Å². The van der Waals surface area contributed by atoms with Crippen LogP contribution in [0.15, 0.2) is 47.4 Å². The van der Waals surface area contributed by atoms with Crippen molar-refractivity contribution in [3.63, 3.8) is 0 Å². The lowest BCUT2D eigenvalue weighted by atomic mass is 10.1. The number of ether oxygens (including phenoxy) is 4. The summed E-state index contributed by atoms with van der Waals surface area (Å²) in [5, 5.41) is 0.0941. The van der Waals surface area contributed by atoms with Crippen LogP contribution < -0.4 is 15.1 Å². The fourth-order valence-electron chi connectivity index (χ4n) is 5.25. The Balaban J connectivity index is 1.29. The number of nitrogens with zero attached hydrogens (tertiary/aromatic N) is 3. The van der Waals surface area contributed by atoms with Crippen molar-refractivity contribution in [1.29, 1.82) is 0 Å². The summed E-state index contributed by atoms with van der Waals surface area (Å²) in [6, 6.07) is 10.5. The summed E-state index contributed by atoms with van der Waals surface area (Å²) < 4.78 is 40.4. The molecule has 0 bridgehead atoms. The molecular weight excluding hydrogens is 493 g/mol. The number of esters is 1. The molecule has 4 heterocycles. The number of halogens is 1. The van der Waals surface area contributed by atoms with E-state index in [1.54, 1.807) is 0 Å². The number of hydrogen-bond acceptors (Lipinski definition) is 8. The first-order valence-corrected chi connectivity index (χ1v) is 12.9. The summed E-state index contributed by atoms with van der Waals surface area (Å²) in [4.78, 5) is 30.8. The summed E-state index contributed by atoms with van der Waals surface area (Å²) in [6.07, 6.45) is 0.289. The maximum Gasteiger partial charge on any atom is 0.344 e. The number of hydrogen-bond donors (Lipinski definition) is 0. The summed E-state index contributed by atoms with van der Waals surface area (Å²) in [5.41, 5.74) is 0.980. The Morgan fingerprint density at radius 1 is 1.05 bits per heavy atom. The summed E-state index contributed by atoms with van der Waals surface area (Å²) in [7, 11) is 2.03. The molecule has 3 aliphatic heterocycles. The zero-order chi connectivity index (χ0) is 26.4. The number of pyridine rings is 1.